The van der Waals surface area contributed by atoms with Gasteiger partial charge in [0.2, 0.25) is 0 Å². The summed E-state index contributed by atoms with van der Waals surface area (Å²) in [7, 11) is 0. The van der Waals surface area contributed by atoms with Crippen LogP contribution in [0.25, 0.3) is 0 Å². The average molecular weight is 399 g/mol. The van der Waals surface area contributed by atoms with Crippen LogP contribution in [0.3, 0.4) is 0 Å². The molecule has 2 aromatic carbocycles. The zero-order valence-corrected chi connectivity index (χ0v) is 17.5. The van der Waals surface area contributed by atoms with Crippen molar-refractivity contribution in [2.45, 2.75) is 39.5 Å². The number of rotatable bonds is 9. The minimum atomic E-state index is -0.496. The Hall–Kier alpha value is -3.02. The first-order chi connectivity index (χ1) is 13.8. The molecule has 0 atom stereocenters. The summed E-state index contributed by atoms with van der Waals surface area (Å²) in [6.45, 7) is 8.60. The highest BCUT2D eigenvalue weighted by Crippen LogP contribution is 2.24. The zero-order valence-electron chi connectivity index (χ0n) is 17.5. The molecule has 0 spiro atoms. The third-order valence-electron chi connectivity index (χ3n) is 4.12. The Morgan fingerprint density at radius 3 is 2.31 bits per heavy atom. The van der Waals surface area contributed by atoms with E-state index in [0.29, 0.717) is 23.8 Å². The maximum atomic E-state index is 12.0. The van der Waals surface area contributed by atoms with Crippen molar-refractivity contribution in [3.8, 4) is 11.5 Å². The monoisotopic (exact) mass is 399 g/mol. The minimum Gasteiger partial charge on any atom is -0.493 e. The van der Waals surface area contributed by atoms with E-state index in [9.17, 15) is 9.59 Å². The first kappa shape index (κ1) is 22.3. The number of benzene rings is 2. The van der Waals surface area contributed by atoms with Crippen LogP contribution >= 0.6 is 0 Å². The van der Waals surface area contributed by atoms with Gasteiger partial charge in [-0.05, 0) is 42.2 Å². The quantitative estimate of drug-likeness (QED) is 0.635. The Morgan fingerprint density at radius 1 is 0.966 bits per heavy atom. The highest BCUT2D eigenvalue weighted by atomic mass is 16.5. The van der Waals surface area contributed by atoms with Crippen molar-refractivity contribution in [2.75, 3.05) is 25.1 Å². The van der Waals surface area contributed by atoms with E-state index in [1.165, 1.54) is 5.56 Å². The van der Waals surface area contributed by atoms with E-state index in [1.54, 1.807) is 18.2 Å². The van der Waals surface area contributed by atoms with Gasteiger partial charge in [-0.1, -0.05) is 45.0 Å². The van der Waals surface area contributed by atoms with Crippen LogP contribution in [-0.2, 0) is 19.7 Å². The summed E-state index contributed by atoms with van der Waals surface area (Å²) in [5.41, 5.74) is 1.82. The average Bonchev–Trinajstić information content (AvgIpc) is 2.68. The largest absolute Gasteiger partial charge is 0.493 e. The molecule has 0 saturated carbocycles. The fourth-order valence-electron chi connectivity index (χ4n) is 2.56. The van der Waals surface area contributed by atoms with Gasteiger partial charge in [-0.25, -0.2) is 0 Å². The number of anilines is 1. The number of nitrogens with one attached hydrogen (secondary N) is 1. The number of hydrogen-bond acceptors (Lipinski definition) is 5. The predicted molar refractivity (Wildman–Crippen MR) is 112 cm³/mol. The molecule has 0 bridgehead atoms. The van der Waals surface area contributed by atoms with E-state index in [-0.39, 0.29) is 25.0 Å². The third-order valence-corrected chi connectivity index (χ3v) is 4.12. The summed E-state index contributed by atoms with van der Waals surface area (Å²) in [4.78, 5) is 23.8. The molecule has 0 unspecified atom stereocenters. The van der Waals surface area contributed by atoms with Gasteiger partial charge in [-0.15, -0.1) is 0 Å². The number of ether oxygens (including phenoxy) is 3. The topological polar surface area (TPSA) is 73.9 Å². The Kier molecular flexibility index (Phi) is 8.07. The van der Waals surface area contributed by atoms with Crippen molar-refractivity contribution in [2.24, 2.45) is 0 Å². The Bertz CT molecular complexity index is 809. The number of amides is 1. The van der Waals surface area contributed by atoms with Gasteiger partial charge in [0.05, 0.1) is 25.3 Å². The summed E-state index contributed by atoms with van der Waals surface area (Å²) < 4.78 is 16.0. The molecule has 0 heterocycles. The van der Waals surface area contributed by atoms with Crippen LogP contribution in [0.1, 0.15) is 39.7 Å². The Labute approximate surface area is 172 Å². The Balaban J connectivity index is 1.71. The summed E-state index contributed by atoms with van der Waals surface area (Å²) in [5, 5.41) is 2.68. The maximum absolute atomic E-state index is 12.0. The van der Waals surface area contributed by atoms with E-state index in [0.717, 1.165) is 0 Å². The third kappa shape index (κ3) is 7.49. The lowest BCUT2D eigenvalue weighted by Crippen LogP contribution is -2.22. The molecule has 0 aromatic heterocycles. The Morgan fingerprint density at radius 2 is 1.66 bits per heavy atom. The van der Waals surface area contributed by atoms with E-state index >= 15 is 0 Å². The van der Waals surface area contributed by atoms with Gasteiger partial charge in [0, 0.05) is 0 Å². The lowest BCUT2D eigenvalue weighted by molar-refractivity contribution is -0.147. The first-order valence-electron chi connectivity index (χ1n) is 9.70. The molecule has 0 saturated heterocycles. The van der Waals surface area contributed by atoms with Crippen LogP contribution in [0.5, 0.6) is 11.5 Å². The van der Waals surface area contributed by atoms with Crippen molar-refractivity contribution < 1.29 is 23.8 Å². The number of carbonyl (C=O) groups excluding carboxylic acids is 2. The molecule has 0 fully saturated rings. The van der Waals surface area contributed by atoms with Crippen LogP contribution in [0.2, 0.25) is 0 Å². The van der Waals surface area contributed by atoms with Crippen molar-refractivity contribution in [3.05, 3.63) is 54.1 Å². The molecule has 2 aromatic rings. The molecular weight excluding hydrogens is 370 g/mol. The van der Waals surface area contributed by atoms with Gasteiger partial charge < -0.3 is 19.5 Å². The molecule has 0 aliphatic carbocycles. The van der Waals surface area contributed by atoms with Gasteiger partial charge in [0.25, 0.3) is 5.91 Å². The predicted octanol–water partition coefficient (Wildman–Crippen LogP) is 4.33. The smallest absolute Gasteiger partial charge is 0.309 e. The van der Waals surface area contributed by atoms with E-state index in [4.69, 9.17) is 14.2 Å². The van der Waals surface area contributed by atoms with E-state index in [1.807, 2.05) is 37.3 Å². The molecule has 6 heteroatoms. The van der Waals surface area contributed by atoms with Gasteiger partial charge in [-0.2, -0.15) is 0 Å². The molecular formula is C23H29NO5. The van der Waals surface area contributed by atoms with Crippen molar-refractivity contribution in [1.82, 2.24) is 0 Å². The molecule has 0 aliphatic rings. The SMILES string of the molecule is CCOc1ccccc1NC(=O)COC(=O)CCOc1ccc(C(C)(C)C)cc1. The fraction of sp³-hybridized carbons (Fsp3) is 0.391. The lowest BCUT2D eigenvalue weighted by atomic mass is 9.87. The number of hydrogen-bond donors (Lipinski definition) is 1. The fourth-order valence-corrected chi connectivity index (χ4v) is 2.56. The van der Waals surface area contributed by atoms with Crippen molar-refractivity contribution in [1.29, 1.82) is 0 Å². The van der Waals surface area contributed by atoms with Crippen LogP contribution < -0.4 is 14.8 Å². The molecule has 6 nitrogen and oxygen atoms in total. The van der Waals surface area contributed by atoms with E-state index < -0.39 is 11.9 Å². The normalized spacial score (nSPS) is 10.9. The van der Waals surface area contributed by atoms with Gasteiger partial charge in [0.15, 0.2) is 6.61 Å². The van der Waals surface area contributed by atoms with Gasteiger partial charge in [0.1, 0.15) is 11.5 Å². The summed E-state index contributed by atoms with van der Waals surface area (Å²) in [6.07, 6.45) is 0.0594. The standard InChI is InChI=1S/C23H29NO5/c1-5-27-20-9-7-6-8-19(20)24-21(25)16-29-22(26)14-15-28-18-12-10-17(11-13-18)23(2,3)4/h6-13H,5,14-16H2,1-4H3,(H,24,25). The van der Waals surface area contributed by atoms with Crippen molar-refractivity contribution in [3.63, 3.8) is 0 Å². The van der Waals surface area contributed by atoms with Crippen LogP contribution in [0.4, 0.5) is 5.69 Å². The second kappa shape index (κ2) is 10.5. The highest BCUT2D eigenvalue weighted by molar-refractivity contribution is 5.94. The van der Waals surface area contributed by atoms with E-state index in [2.05, 4.69) is 26.1 Å². The number of esters is 1. The molecule has 29 heavy (non-hydrogen) atoms. The van der Waals surface area contributed by atoms with Crippen LogP contribution in [-0.4, -0.2) is 31.7 Å². The molecule has 1 N–H and O–H groups in total. The molecule has 2 rings (SSSR count). The molecule has 0 aliphatic heterocycles. The molecule has 1 amide bonds. The number of para-hydroxylation sites is 2. The summed E-state index contributed by atoms with van der Waals surface area (Å²) in [5.74, 6) is 0.338. The minimum absolute atomic E-state index is 0.0594. The molecule has 0 radical (unpaired) electrons. The maximum Gasteiger partial charge on any atom is 0.309 e. The number of carbonyl (C=O) groups is 2. The van der Waals surface area contributed by atoms with Crippen LogP contribution in [0, 0.1) is 0 Å². The first-order valence-corrected chi connectivity index (χ1v) is 9.70. The summed E-state index contributed by atoms with van der Waals surface area (Å²) in [6, 6.07) is 14.9. The highest BCUT2D eigenvalue weighted by Gasteiger charge is 2.13. The molecule has 156 valence electrons. The van der Waals surface area contributed by atoms with Gasteiger partial charge in [-0.3, -0.25) is 9.59 Å². The second-order valence-electron chi connectivity index (χ2n) is 7.51. The second-order valence-corrected chi connectivity index (χ2v) is 7.51. The van der Waals surface area contributed by atoms with Crippen molar-refractivity contribution >= 4 is 17.6 Å². The van der Waals surface area contributed by atoms with Crippen LogP contribution in [0.15, 0.2) is 48.5 Å². The lowest BCUT2D eigenvalue weighted by Gasteiger charge is -2.19. The zero-order chi connectivity index (χ0) is 21.3. The summed E-state index contributed by atoms with van der Waals surface area (Å²) >= 11 is 0. The van der Waals surface area contributed by atoms with Gasteiger partial charge >= 0.3 is 5.97 Å².